The number of rotatable bonds is 3. The van der Waals surface area contributed by atoms with E-state index in [-0.39, 0.29) is 11.9 Å². The number of hydrogen-bond donors (Lipinski definition) is 1. The topological polar surface area (TPSA) is 66.5 Å². The second kappa shape index (κ2) is 6.43. The molecule has 0 aromatic heterocycles. The molecule has 26 heavy (non-hydrogen) atoms. The van der Waals surface area contributed by atoms with E-state index < -0.39 is 10.0 Å². The third-order valence-corrected chi connectivity index (χ3v) is 6.45. The molecule has 1 amide bonds. The van der Waals surface area contributed by atoms with Crippen LogP contribution in [0.15, 0.2) is 42.5 Å². The van der Waals surface area contributed by atoms with Crippen LogP contribution in [0.2, 0.25) is 0 Å². The van der Waals surface area contributed by atoms with Gasteiger partial charge in [-0.1, -0.05) is 24.3 Å². The fourth-order valence-electron chi connectivity index (χ4n) is 4.00. The van der Waals surface area contributed by atoms with Crippen molar-refractivity contribution in [1.29, 1.82) is 0 Å². The number of carbonyl (C=O) groups is 1. The molecule has 0 spiro atoms. The minimum absolute atomic E-state index is 0.0354. The first-order chi connectivity index (χ1) is 12.4. The van der Waals surface area contributed by atoms with Crippen molar-refractivity contribution in [2.75, 3.05) is 17.1 Å². The lowest BCUT2D eigenvalue weighted by Gasteiger charge is -2.26. The van der Waals surface area contributed by atoms with Crippen molar-refractivity contribution >= 4 is 21.6 Å². The van der Waals surface area contributed by atoms with Gasteiger partial charge in [0.2, 0.25) is 10.0 Å². The highest BCUT2D eigenvalue weighted by molar-refractivity contribution is 7.92. The molecule has 1 N–H and O–H groups in total. The molecule has 0 fully saturated rings. The molecule has 1 aliphatic heterocycles. The lowest BCUT2D eigenvalue weighted by Crippen LogP contribution is -2.31. The molecule has 6 heteroatoms. The standard InChI is InChI=1S/C20H22N2O3S/c1-26(24,25)22-12-11-15-13-16(9-10-19(15)22)20(23)21-18-8-4-6-14-5-2-3-7-17(14)18/h2-3,5,7,9-10,13,18H,4,6,8,11-12H2,1H3,(H,21,23)/t18-/m1/s1. The summed E-state index contributed by atoms with van der Waals surface area (Å²) in [5.41, 5.74) is 4.69. The van der Waals surface area contributed by atoms with Crippen molar-refractivity contribution < 1.29 is 13.2 Å². The van der Waals surface area contributed by atoms with Gasteiger partial charge in [-0.3, -0.25) is 9.10 Å². The van der Waals surface area contributed by atoms with Crippen LogP contribution in [0.3, 0.4) is 0 Å². The number of sulfonamides is 1. The zero-order valence-corrected chi connectivity index (χ0v) is 15.6. The van der Waals surface area contributed by atoms with Crippen molar-refractivity contribution in [2.24, 2.45) is 0 Å². The Kier molecular flexibility index (Phi) is 4.23. The number of anilines is 1. The van der Waals surface area contributed by atoms with E-state index in [0.29, 0.717) is 24.2 Å². The Morgan fingerprint density at radius 2 is 1.92 bits per heavy atom. The van der Waals surface area contributed by atoms with E-state index in [0.717, 1.165) is 24.8 Å². The highest BCUT2D eigenvalue weighted by Gasteiger charge is 2.27. The molecule has 0 radical (unpaired) electrons. The number of hydrogen-bond acceptors (Lipinski definition) is 3. The molecule has 5 nitrogen and oxygen atoms in total. The summed E-state index contributed by atoms with van der Waals surface area (Å²) in [6.45, 7) is 0.440. The van der Waals surface area contributed by atoms with Gasteiger partial charge in [0.15, 0.2) is 0 Å². The summed E-state index contributed by atoms with van der Waals surface area (Å²) >= 11 is 0. The van der Waals surface area contributed by atoms with Gasteiger partial charge in [-0.2, -0.15) is 0 Å². The van der Waals surface area contributed by atoms with Gasteiger partial charge < -0.3 is 5.32 Å². The summed E-state index contributed by atoms with van der Waals surface area (Å²) in [7, 11) is -3.27. The number of aryl methyl sites for hydroxylation is 1. The van der Waals surface area contributed by atoms with Gasteiger partial charge in [-0.25, -0.2) is 8.42 Å². The number of amides is 1. The number of carbonyl (C=O) groups excluding carboxylic acids is 1. The van der Waals surface area contributed by atoms with E-state index in [9.17, 15) is 13.2 Å². The van der Waals surface area contributed by atoms with Crippen LogP contribution in [0.25, 0.3) is 0 Å². The molecular weight excluding hydrogens is 348 g/mol. The summed E-state index contributed by atoms with van der Waals surface area (Å²) in [5.74, 6) is -0.104. The van der Waals surface area contributed by atoms with Crippen LogP contribution in [0.4, 0.5) is 5.69 Å². The zero-order valence-electron chi connectivity index (χ0n) is 14.7. The van der Waals surface area contributed by atoms with Crippen molar-refractivity contribution in [3.8, 4) is 0 Å². The largest absolute Gasteiger partial charge is 0.345 e. The molecule has 2 aromatic carbocycles. The molecule has 1 atom stereocenters. The molecule has 136 valence electrons. The van der Waals surface area contributed by atoms with E-state index in [2.05, 4.69) is 17.4 Å². The predicted molar refractivity (Wildman–Crippen MR) is 102 cm³/mol. The maximum atomic E-state index is 12.8. The monoisotopic (exact) mass is 370 g/mol. The van der Waals surface area contributed by atoms with E-state index in [1.54, 1.807) is 12.1 Å². The molecule has 4 rings (SSSR count). The van der Waals surface area contributed by atoms with Crippen LogP contribution in [0, 0.1) is 0 Å². The molecule has 0 bridgehead atoms. The fraction of sp³-hybridized carbons (Fsp3) is 0.350. The quantitative estimate of drug-likeness (QED) is 0.903. The predicted octanol–water partition coefficient (Wildman–Crippen LogP) is 2.82. The Hall–Kier alpha value is -2.34. The van der Waals surface area contributed by atoms with E-state index >= 15 is 0 Å². The number of fused-ring (bicyclic) bond motifs is 2. The molecule has 1 heterocycles. The second-order valence-electron chi connectivity index (χ2n) is 7.05. The van der Waals surface area contributed by atoms with Gasteiger partial charge >= 0.3 is 0 Å². The third kappa shape index (κ3) is 3.09. The molecule has 2 aromatic rings. The number of nitrogens with zero attached hydrogens (tertiary/aromatic N) is 1. The highest BCUT2D eigenvalue weighted by Crippen LogP contribution is 2.32. The maximum absolute atomic E-state index is 12.8. The lowest BCUT2D eigenvalue weighted by molar-refractivity contribution is 0.0932. The third-order valence-electron chi connectivity index (χ3n) is 5.27. The average molecular weight is 370 g/mol. The van der Waals surface area contributed by atoms with Crippen molar-refractivity contribution in [3.05, 3.63) is 64.7 Å². The number of benzene rings is 2. The zero-order chi connectivity index (χ0) is 18.3. The molecule has 1 aliphatic carbocycles. The van der Waals surface area contributed by atoms with Crippen LogP contribution in [0.1, 0.15) is 45.9 Å². The van der Waals surface area contributed by atoms with Crippen LogP contribution in [-0.4, -0.2) is 27.1 Å². The van der Waals surface area contributed by atoms with Gasteiger partial charge in [-0.15, -0.1) is 0 Å². The van der Waals surface area contributed by atoms with Gasteiger partial charge in [0.05, 0.1) is 18.0 Å². The normalized spacial score (nSPS) is 19.0. The van der Waals surface area contributed by atoms with Gasteiger partial charge in [0.25, 0.3) is 5.91 Å². The number of nitrogens with one attached hydrogen (secondary N) is 1. The Morgan fingerprint density at radius 3 is 2.73 bits per heavy atom. The first-order valence-electron chi connectivity index (χ1n) is 8.93. The summed E-state index contributed by atoms with van der Waals surface area (Å²) in [6, 6.07) is 13.6. The summed E-state index contributed by atoms with van der Waals surface area (Å²) in [4.78, 5) is 12.8. The van der Waals surface area contributed by atoms with Crippen molar-refractivity contribution in [1.82, 2.24) is 5.32 Å². The minimum atomic E-state index is -3.27. The van der Waals surface area contributed by atoms with E-state index in [1.165, 1.54) is 21.7 Å². The van der Waals surface area contributed by atoms with Crippen molar-refractivity contribution in [3.63, 3.8) is 0 Å². The van der Waals surface area contributed by atoms with E-state index in [4.69, 9.17) is 0 Å². The first-order valence-corrected chi connectivity index (χ1v) is 10.8. The maximum Gasteiger partial charge on any atom is 0.251 e. The van der Waals surface area contributed by atoms with Gasteiger partial charge in [-0.05, 0) is 60.6 Å². The van der Waals surface area contributed by atoms with Crippen LogP contribution < -0.4 is 9.62 Å². The van der Waals surface area contributed by atoms with Crippen LogP contribution in [0.5, 0.6) is 0 Å². The van der Waals surface area contributed by atoms with Crippen LogP contribution in [-0.2, 0) is 22.9 Å². The smallest absolute Gasteiger partial charge is 0.251 e. The highest BCUT2D eigenvalue weighted by atomic mass is 32.2. The molecule has 0 saturated carbocycles. The van der Waals surface area contributed by atoms with Gasteiger partial charge in [0, 0.05) is 12.1 Å². The molecule has 0 saturated heterocycles. The van der Waals surface area contributed by atoms with Crippen LogP contribution >= 0.6 is 0 Å². The fourth-order valence-corrected chi connectivity index (χ4v) is 4.96. The Labute approximate surface area is 154 Å². The second-order valence-corrected chi connectivity index (χ2v) is 8.95. The van der Waals surface area contributed by atoms with E-state index in [1.807, 2.05) is 18.2 Å². The summed E-state index contributed by atoms with van der Waals surface area (Å²) < 4.78 is 25.1. The summed E-state index contributed by atoms with van der Waals surface area (Å²) in [5, 5.41) is 3.15. The summed E-state index contributed by atoms with van der Waals surface area (Å²) in [6.07, 6.45) is 4.91. The Balaban J connectivity index is 1.56. The molecular formula is C20H22N2O3S. The van der Waals surface area contributed by atoms with Gasteiger partial charge in [0.1, 0.15) is 0 Å². The average Bonchev–Trinajstić information content (AvgIpc) is 3.05. The van der Waals surface area contributed by atoms with Crippen molar-refractivity contribution in [2.45, 2.75) is 31.7 Å². The Morgan fingerprint density at radius 1 is 1.12 bits per heavy atom. The molecule has 0 unspecified atom stereocenters. The molecule has 2 aliphatic rings. The SMILES string of the molecule is CS(=O)(=O)N1CCc2cc(C(=O)N[C@@H]3CCCc4ccccc43)ccc21. The minimum Gasteiger partial charge on any atom is -0.345 e. The lowest BCUT2D eigenvalue weighted by atomic mass is 9.87. The first kappa shape index (κ1) is 17.1. The Bertz CT molecular complexity index is 969.